The van der Waals surface area contributed by atoms with Crippen molar-refractivity contribution in [1.82, 2.24) is 0 Å². The molecule has 140 valence electrons. The first-order valence-electron chi connectivity index (χ1n) is 8.53. The molecule has 0 aromatic heterocycles. The standard InChI is InChI=1S/C18H28N2OS4/c1-5-22-17(14-19,23-6-2)11-9-10-16(13-21)12-18(15-20,24-7-3)25-8-4/h10,13H,5-9,11-12H2,1-4H3. The quantitative estimate of drug-likeness (QED) is 0.203. The summed E-state index contributed by atoms with van der Waals surface area (Å²) >= 11 is 6.52. The normalized spacial score (nSPS) is 12.5. The maximum absolute atomic E-state index is 11.5. The number of allylic oxidation sites excluding steroid dienone is 2. The van der Waals surface area contributed by atoms with Crippen LogP contribution in [-0.2, 0) is 4.79 Å². The molecule has 0 fully saturated rings. The molecule has 0 aliphatic rings. The molecule has 0 unspecified atom stereocenters. The molecule has 25 heavy (non-hydrogen) atoms. The third-order valence-corrected chi connectivity index (χ3v) is 8.82. The smallest absolute Gasteiger partial charge is 0.152 e. The van der Waals surface area contributed by atoms with Crippen LogP contribution in [0.3, 0.4) is 0 Å². The second-order valence-corrected chi connectivity index (χ2v) is 11.8. The zero-order valence-electron chi connectivity index (χ0n) is 15.5. The lowest BCUT2D eigenvalue weighted by Gasteiger charge is -2.25. The Bertz CT molecular complexity index is 496. The van der Waals surface area contributed by atoms with Gasteiger partial charge in [-0.15, -0.1) is 47.0 Å². The Kier molecular flexibility index (Phi) is 13.8. The first kappa shape index (κ1) is 24.8. The first-order valence-corrected chi connectivity index (χ1v) is 12.5. The molecule has 0 aromatic carbocycles. The highest BCUT2D eigenvalue weighted by Crippen LogP contribution is 2.43. The molecule has 0 rings (SSSR count). The summed E-state index contributed by atoms with van der Waals surface area (Å²) in [6.07, 6.45) is 4.62. The van der Waals surface area contributed by atoms with Crippen LogP contribution in [0, 0.1) is 22.7 Å². The van der Waals surface area contributed by atoms with Gasteiger partial charge in [-0.1, -0.05) is 33.8 Å². The average molecular weight is 417 g/mol. The van der Waals surface area contributed by atoms with Crippen LogP contribution in [0.4, 0.5) is 0 Å². The number of carbonyl (C=O) groups is 1. The molecule has 7 heteroatoms. The fraction of sp³-hybridized carbons (Fsp3) is 0.722. The van der Waals surface area contributed by atoms with Crippen LogP contribution >= 0.6 is 47.0 Å². The highest BCUT2D eigenvalue weighted by Gasteiger charge is 2.32. The van der Waals surface area contributed by atoms with E-state index in [1.54, 1.807) is 47.0 Å². The van der Waals surface area contributed by atoms with Crippen LogP contribution in [0.2, 0.25) is 0 Å². The van der Waals surface area contributed by atoms with E-state index in [0.29, 0.717) is 24.8 Å². The van der Waals surface area contributed by atoms with E-state index >= 15 is 0 Å². The van der Waals surface area contributed by atoms with Gasteiger partial charge in [-0.3, -0.25) is 4.79 Å². The van der Waals surface area contributed by atoms with Crippen LogP contribution in [-0.4, -0.2) is 37.5 Å². The van der Waals surface area contributed by atoms with Gasteiger partial charge in [-0.25, -0.2) is 0 Å². The van der Waals surface area contributed by atoms with E-state index in [-0.39, 0.29) is 0 Å². The first-order chi connectivity index (χ1) is 12.0. The van der Waals surface area contributed by atoms with Crippen molar-refractivity contribution in [2.75, 3.05) is 23.0 Å². The third-order valence-electron chi connectivity index (χ3n) is 3.32. The molecule has 0 aromatic rings. The van der Waals surface area contributed by atoms with Crippen LogP contribution in [0.5, 0.6) is 0 Å². The van der Waals surface area contributed by atoms with E-state index in [0.717, 1.165) is 29.3 Å². The lowest BCUT2D eigenvalue weighted by atomic mass is 10.1. The molecule has 0 aliphatic carbocycles. The Morgan fingerprint density at radius 3 is 1.68 bits per heavy atom. The molecule has 0 radical (unpaired) electrons. The Labute approximate surface area is 170 Å². The summed E-state index contributed by atoms with van der Waals surface area (Å²) in [4.78, 5) is 11.5. The van der Waals surface area contributed by atoms with Gasteiger partial charge in [0.2, 0.25) is 0 Å². The summed E-state index contributed by atoms with van der Waals surface area (Å²) in [7, 11) is 0. The topological polar surface area (TPSA) is 64.7 Å². The Morgan fingerprint density at radius 2 is 1.32 bits per heavy atom. The molecular formula is C18H28N2OS4. The number of hydrogen-bond acceptors (Lipinski definition) is 7. The zero-order chi connectivity index (χ0) is 19.2. The Balaban J connectivity index is 5.13. The summed E-state index contributed by atoms with van der Waals surface area (Å²) in [5.41, 5.74) is 0.665. The van der Waals surface area contributed by atoms with Crippen LogP contribution < -0.4 is 0 Å². The maximum atomic E-state index is 11.5. The summed E-state index contributed by atoms with van der Waals surface area (Å²) in [6.45, 7) is 8.18. The maximum Gasteiger partial charge on any atom is 0.152 e. The summed E-state index contributed by atoms with van der Waals surface area (Å²) in [6, 6.07) is 4.86. The number of nitriles is 2. The number of rotatable bonds is 14. The minimum atomic E-state index is -0.598. The number of hydrogen-bond donors (Lipinski definition) is 0. The monoisotopic (exact) mass is 416 g/mol. The summed E-state index contributed by atoms with van der Waals surface area (Å²) in [5.74, 6) is 3.46. The fourth-order valence-corrected chi connectivity index (χ4v) is 7.63. The molecule has 0 saturated heterocycles. The van der Waals surface area contributed by atoms with Gasteiger partial charge < -0.3 is 0 Å². The lowest BCUT2D eigenvalue weighted by molar-refractivity contribution is -0.105. The van der Waals surface area contributed by atoms with Crippen molar-refractivity contribution in [3.63, 3.8) is 0 Å². The Hall–Kier alpha value is -0.210. The van der Waals surface area contributed by atoms with Gasteiger partial charge in [0.25, 0.3) is 0 Å². The predicted octanol–water partition coefficient (Wildman–Crippen LogP) is 5.73. The van der Waals surface area contributed by atoms with Gasteiger partial charge in [0.1, 0.15) is 10.4 Å². The van der Waals surface area contributed by atoms with Crippen LogP contribution in [0.1, 0.15) is 47.0 Å². The predicted molar refractivity (Wildman–Crippen MR) is 117 cm³/mol. The van der Waals surface area contributed by atoms with E-state index in [2.05, 4.69) is 26.0 Å². The van der Waals surface area contributed by atoms with Crippen LogP contribution in [0.25, 0.3) is 0 Å². The molecule has 0 aliphatic heterocycles. The second-order valence-electron chi connectivity index (χ2n) is 5.07. The highest BCUT2D eigenvalue weighted by atomic mass is 32.2. The van der Waals surface area contributed by atoms with Crippen molar-refractivity contribution >= 4 is 53.3 Å². The molecule has 0 bridgehead atoms. The molecule has 0 saturated carbocycles. The molecule has 0 spiro atoms. The van der Waals surface area contributed by atoms with E-state index < -0.39 is 8.16 Å². The van der Waals surface area contributed by atoms with Crippen molar-refractivity contribution < 1.29 is 4.79 Å². The van der Waals surface area contributed by atoms with Gasteiger partial charge in [-0.05, 0) is 41.4 Å². The molecule has 3 nitrogen and oxygen atoms in total. The summed E-state index contributed by atoms with van der Waals surface area (Å²) in [5, 5.41) is 19.2. The second kappa shape index (κ2) is 13.9. The van der Waals surface area contributed by atoms with Gasteiger partial charge >= 0.3 is 0 Å². The van der Waals surface area contributed by atoms with Crippen molar-refractivity contribution in [3.8, 4) is 12.1 Å². The van der Waals surface area contributed by atoms with E-state index in [4.69, 9.17) is 0 Å². The number of thioether (sulfide) groups is 4. The van der Waals surface area contributed by atoms with E-state index in [1.165, 1.54) is 0 Å². The lowest BCUT2D eigenvalue weighted by Crippen LogP contribution is -2.20. The number of nitrogens with zero attached hydrogens (tertiary/aromatic N) is 2. The number of carbonyl (C=O) groups excluding carboxylic acids is 1. The number of aldehydes is 1. The molecular weight excluding hydrogens is 388 g/mol. The molecule has 0 N–H and O–H groups in total. The zero-order valence-corrected chi connectivity index (χ0v) is 18.8. The largest absolute Gasteiger partial charge is 0.298 e. The van der Waals surface area contributed by atoms with Crippen molar-refractivity contribution in [1.29, 1.82) is 10.5 Å². The minimum absolute atomic E-state index is 0.448. The minimum Gasteiger partial charge on any atom is -0.298 e. The van der Waals surface area contributed by atoms with Crippen molar-refractivity contribution in [2.45, 2.75) is 55.1 Å². The van der Waals surface area contributed by atoms with Gasteiger partial charge in [-0.2, -0.15) is 10.5 Å². The van der Waals surface area contributed by atoms with E-state index in [9.17, 15) is 15.3 Å². The molecule has 0 heterocycles. The van der Waals surface area contributed by atoms with Gasteiger partial charge in [0, 0.05) is 6.42 Å². The van der Waals surface area contributed by atoms with E-state index in [1.807, 2.05) is 19.9 Å². The average Bonchev–Trinajstić information content (AvgIpc) is 2.61. The SMILES string of the molecule is CCSC(C#N)(CCC=C(C=O)CC(C#N)(SCC)SCC)SCC. The fourth-order valence-electron chi connectivity index (χ4n) is 2.37. The molecule has 0 amide bonds. The van der Waals surface area contributed by atoms with Crippen molar-refractivity contribution in [2.24, 2.45) is 0 Å². The Morgan fingerprint density at radius 1 is 0.880 bits per heavy atom. The van der Waals surface area contributed by atoms with Crippen molar-refractivity contribution in [3.05, 3.63) is 11.6 Å². The van der Waals surface area contributed by atoms with Gasteiger partial charge in [0.05, 0.1) is 12.1 Å². The summed E-state index contributed by atoms with van der Waals surface area (Å²) < 4.78 is -1.05. The van der Waals surface area contributed by atoms with Crippen LogP contribution in [0.15, 0.2) is 11.6 Å². The third kappa shape index (κ3) is 8.82. The molecule has 0 atom stereocenters. The van der Waals surface area contributed by atoms with Gasteiger partial charge in [0.15, 0.2) is 4.08 Å². The highest BCUT2D eigenvalue weighted by molar-refractivity contribution is 8.19.